The average Bonchev–Trinajstić information content (AvgIpc) is 3.14. The van der Waals surface area contributed by atoms with Gasteiger partial charge in [0.2, 0.25) is 5.91 Å². The lowest BCUT2D eigenvalue weighted by Crippen LogP contribution is -2.47. The number of amides is 1. The van der Waals surface area contributed by atoms with Crippen molar-refractivity contribution in [2.45, 2.75) is 44.6 Å². The fraction of sp³-hybridized carbons (Fsp3) is 0.632. The van der Waals surface area contributed by atoms with Crippen LogP contribution in [0, 0.1) is 17.8 Å². The summed E-state index contributed by atoms with van der Waals surface area (Å²) in [5, 5.41) is 3.16. The van der Waals surface area contributed by atoms with Crippen LogP contribution in [0.1, 0.15) is 38.7 Å². The zero-order valence-corrected chi connectivity index (χ0v) is 14.3. The van der Waals surface area contributed by atoms with E-state index in [2.05, 4.69) is 31.3 Å². The molecule has 23 heavy (non-hydrogen) atoms. The van der Waals surface area contributed by atoms with Crippen LogP contribution in [0.25, 0.3) is 0 Å². The summed E-state index contributed by atoms with van der Waals surface area (Å²) < 4.78 is 5.20. The van der Waals surface area contributed by atoms with Gasteiger partial charge in [-0.15, -0.1) is 0 Å². The van der Waals surface area contributed by atoms with Gasteiger partial charge in [-0.1, -0.05) is 26.0 Å². The van der Waals surface area contributed by atoms with Crippen molar-refractivity contribution in [2.75, 3.05) is 13.7 Å². The lowest BCUT2D eigenvalue weighted by Gasteiger charge is -2.30. The molecule has 4 atom stereocenters. The Bertz CT molecular complexity index is 565. The van der Waals surface area contributed by atoms with Gasteiger partial charge in [0, 0.05) is 18.0 Å². The number of benzene rings is 1. The third kappa shape index (κ3) is 3.09. The first-order chi connectivity index (χ1) is 10.9. The fourth-order valence-corrected chi connectivity index (χ4v) is 4.30. The summed E-state index contributed by atoms with van der Waals surface area (Å²) in [6.45, 7) is 4.92. The van der Waals surface area contributed by atoms with E-state index < -0.39 is 0 Å². The molecule has 0 heterocycles. The second kappa shape index (κ2) is 6.16. The van der Waals surface area contributed by atoms with Crippen molar-refractivity contribution in [2.24, 2.45) is 23.5 Å². The van der Waals surface area contributed by atoms with E-state index in [0.717, 1.165) is 12.2 Å². The molecule has 3 rings (SSSR count). The van der Waals surface area contributed by atoms with Gasteiger partial charge in [0.15, 0.2) is 0 Å². The average molecular weight is 316 g/mol. The highest BCUT2D eigenvalue weighted by Gasteiger charge is 2.49. The van der Waals surface area contributed by atoms with Gasteiger partial charge in [0.05, 0.1) is 13.0 Å². The van der Waals surface area contributed by atoms with E-state index in [4.69, 9.17) is 10.5 Å². The van der Waals surface area contributed by atoms with Crippen molar-refractivity contribution in [3.63, 3.8) is 0 Å². The predicted molar refractivity (Wildman–Crippen MR) is 91.3 cm³/mol. The molecule has 3 N–H and O–H groups in total. The summed E-state index contributed by atoms with van der Waals surface area (Å²) >= 11 is 0. The second-order valence-electron chi connectivity index (χ2n) is 7.77. The van der Waals surface area contributed by atoms with E-state index in [1.807, 2.05) is 12.1 Å². The van der Waals surface area contributed by atoms with Crippen molar-refractivity contribution < 1.29 is 9.53 Å². The number of nitrogens with two attached hydrogens (primary N) is 1. The molecule has 1 aromatic rings. The van der Waals surface area contributed by atoms with Gasteiger partial charge >= 0.3 is 0 Å². The Morgan fingerprint density at radius 3 is 2.48 bits per heavy atom. The molecule has 2 aliphatic carbocycles. The molecule has 126 valence electrons. The van der Waals surface area contributed by atoms with E-state index in [0.29, 0.717) is 18.4 Å². The maximum absolute atomic E-state index is 12.6. The number of hydrogen-bond acceptors (Lipinski definition) is 3. The Morgan fingerprint density at radius 2 is 1.91 bits per heavy atom. The van der Waals surface area contributed by atoms with Crippen molar-refractivity contribution in [1.82, 2.24) is 5.32 Å². The molecule has 1 aromatic carbocycles. The molecule has 2 saturated carbocycles. The van der Waals surface area contributed by atoms with Gasteiger partial charge < -0.3 is 15.8 Å². The van der Waals surface area contributed by atoms with Gasteiger partial charge in [-0.05, 0) is 48.8 Å². The number of rotatable bonds is 5. The highest BCUT2D eigenvalue weighted by Crippen LogP contribution is 2.47. The van der Waals surface area contributed by atoms with Gasteiger partial charge in [-0.3, -0.25) is 4.79 Å². The molecule has 4 nitrogen and oxygen atoms in total. The van der Waals surface area contributed by atoms with Gasteiger partial charge in [0.25, 0.3) is 0 Å². The molecule has 2 bridgehead atoms. The SMILES string of the molecule is COc1ccc(C(C)(C)CNC(=O)C2C3CCC(C3)C2N)cc1. The van der Waals surface area contributed by atoms with Crippen molar-refractivity contribution >= 4 is 5.91 Å². The van der Waals surface area contributed by atoms with E-state index in [9.17, 15) is 4.79 Å². The number of carbonyl (C=O) groups excluding carboxylic acids is 1. The lowest BCUT2D eigenvalue weighted by atomic mass is 9.82. The number of hydrogen-bond donors (Lipinski definition) is 2. The quantitative estimate of drug-likeness (QED) is 0.877. The zero-order chi connectivity index (χ0) is 16.6. The molecule has 0 aliphatic heterocycles. The number of carbonyl (C=O) groups is 1. The first-order valence-corrected chi connectivity index (χ1v) is 8.60. The van der Waals surface area contributed by atoms with Gasteiger partial charge in [0.1, 0.15) is 5.75 Å². The summed E-state index contributed by atoms with van der Waals surface area (Å²) in [7, 11) is 1.67. The Labute approximate surface area is 138 Å². The van der Waals surface area contributed by atoms with E-state index in [-0.39, 0.29) is 23.3 Å². The maximum atomic E-state index is 12.6. The molecule has 2 fully saturated rings. The smallest absolute Gasteiger partial charge is 0.224 e. The highest BCUT2D eigenvalue weighted by molar-refractivity contribution is 5.80. The predicted octanol–water partition coefficient (Wildman–Crippen LogP) is 2.46. The van der Waals surface area contributed by atoms with Crippen LogP contribution in [0.4, 0.5) is 0 Å². The maximum Gasteiger partial charge on any atom is 0.224 e. The number of fused-ring (bicyclic) bond motifs is 2. The van der Waals surface area contributed by atoms with Gasteiger partial charge in [-0.25, -0.2) is 0 Å². The van der Waals surface area contributed by atoms with Crippen LogP contribution in [-0.4, -0.2) is 25.6 Å². The van der Waals surface area contributed by atoms with Crippen LogP contribution in [-0.2, 0) is 10.2 Å². The first kappa shape index (κ1) is 16.3. The normalized spacial score (nSPS) is 29.6. The Morgan fingerprint density at radius 1 is 1.26 bits per heavy atom. The fourth-order valence-electron chi connectivity index (χ4n) is 4.30. The molecule has 0 radical (unpaired) electrons. The summed E-state index contributed by atoms with van der Waals surface area (Å²) in [5.41, 5.74) is 7.34. The molecule has 1 amide bonds. The van der Waals surface area contributed by atoms with Crippen LogP contribution >= 0.6 is 0 Å². The topological polar surface area (TPSA) is 64.3 Å². The molecule has 2 aliphatic rings. The minimum absolute atomic E-state index is 0.0143. The van der Waals surface area contributed by atoms with Crippen LogP contribution in [0.15, 0.2) is 24.3 Å². The third-order valence-corrected chi connectivity index (χ3v) is 5.86. The Kier molecular flexibility index (Phi) is 4.37. The summed E-state index contributed by atoms with van der Waals surface area (Å²) in [4.78, 5) is 12.6. The Hall–Kier alpha value is -1.55. The number of methoxy groups -OCH3 is 1. The highest BCUT2D eigenvalue weighted by atomic mass is 16.5. The first-order valence-electron chi connectivity index (χ1n) is 8.60. The van der Waals surface area contributed by atoms with Crippen LogP contribution in [0.5, 0.6) is 5.75 Å². The second-order valence-corrected chi connectivity index (χ2v) is 7.77. The van der Waals surface area contributed by atoms with Crippen LogP contribution in [0.2, 0.25) is 0 Å². The van der Waals surface area contributed by atoms with E-state index in [1.165, 1.54) is 18.4 Å². The largest absolute Gasteiger partial charge is 0.497 e. The standard InChI is InChI=1S/C19H28N2O2/c1-19(2,14-6-8-15(23-3)9-7-14)11-21-18(22)16-12-4-5-13(10-12)17(16)20/h6-9,12-13,16-17H,4-5,10-11,20H2,1-3H3,(H,21,22). The lowest BCUT2D eigenvalue weighted by molar-refractivity contribution is -0.127. The molecule has 4 heteroatoms. The number of ether oxygens (including phenoxy) is 1. The van der Waals surface area contributed by atoms with E-state index >= 15 is 0 Å². The van der Waals surface area contributed by atoms with E-state index in [1.54, 1.807) is 7.11 Å². The Balaban J connectivity index is 1.61. The van der Waals surface area contributed by atoms with Crippen LogP contribution < -0.4 is 15.8 Å². The van der Waals surface area contributed by atoms with Crippen LogP contribution in [0.3, 0.4) is 0 Å². The summed E-state index contributed by atoms with van der Waals surface area (Å²) in [6.07, 6.45) is 3.51. The molecule has 0 spiro atoms. The molecule has 0 aromatic heterocycles. The monoisotopic (exact) mass is 316 g/mol. The van der Waals surface area contributed by atoms with Crippen molar-refractivity contribution in [1.29, 1.82) is 0 Å². The number of nitrogens with one attached hydrogen (secondary N) is 1. The summed E-state index contributed by atoms with van der Waals surface area (Å²) in [5.74, 6) is 2.07. The summed E-state index contributed by atoms with van der Waals surface area (Å²) in [6, 6.07) is 8.11. The van der Waals surface area contributed by atoms with Gasteiger partial charge in [-0.2, -0.15) is 0 Å². The molecule has 0 saturated heterocycles. The minimum atomic E-state index is -0.121. The molecular weight excluding hydrogens is 288 g/mol. The third-order valence-electron chi connectivity index (χ3n) is 5.86. The molecule has 4 unspecified atom stereocenters. The molecular formula is C19H28N2O2. The minimum Gasteiger partial charge on any atom is -0.497 e. The zero-order valence-electron chi connectivity index (χ0n) is 14.3. The van der Waals surface area contributed by atoms with Crippen molar-refractivity contribution in [3.8, 4) is 5.75 Å². The van der Waals surface area contributed by atoms with Crippen molar-refractivity contribution in [3.05, 3.63) is 29.8 Å².